The Balaban J connectivity index is 1.79. The normalized spacial score (nSPS) is 17.8. The van der Waals surface area contributed by atoms with Crippen molar-refractivity contribution in [3.63, 3.8) is 0 Å². The van der Waals surface area contributed by atoms with Crippen molar-refractivity contribution < 1.29 is 4.39 Å². The van der Waals surface area contributed by atoms with Gasteiger partial charge in [-0.2, -0.15) is 0 Å². The van der Waals surface area contributed by atoms with Gasteiger partial charge in [0.25, 0.3) is 0 Å². The summed E-state index contributed by atoms with van der Waals surface area (Å²) in [5.74, 6) is -0.114. The van der Waals surface area contributed by atoms with Crippen molar-refractivity contribution in [3.05, 3.63) is 65.4 Å². The Hall–Kier alpha value is -2.20. The fraction of sp³-hybridized carbons (Fsp3) is 0.381. The van der Waals surface area contributed by atoms with Crippen molar-refractivity contribution in [1.29, 1.82) is 0 Å². The minimum atomic E-state index is -0.114. The van der Waals surface area contributed by atoms with Crippen LogP contribution in [0.5, 0.6) is 0 Å². The van der Waals surface area contributed by atoms with Crippen molar-refractivity contribution >= 4 is 10.9 Å². The van der Waals surface area contributed by atoms with Crippen LogP contribution in [0.4, 0.5) is 4.39 Å². The van der Waals surface area contributed by atoms with Gasteiger partial charge in [0.2, 0.25) is 0 Å². The number of hydrogen-bond acceptors (Lipinski definition) is 2. The lowest BCUT2D eigenvalue weighted by atomic mass is 9.99. The summed E-state index contributed by atoms with van der Waals surface area (Å²) in [5, 5.41) is 1.08. The van der Waals surface area contributed by atoms with E-state index in [1.54, 1.807) is 6.07 Å². The Morgan fingerprint density at radius 1 is 1.20 bits per heavy atom. The third-order valence-electron chi connectivity index (χ3n) is 5.51. The van der Waals surface area contributed by atoms with Crippen LogP contribution < -0.4 is 0 Å². The first-order valence-corrected chi connectivity index (χ1v) is 9.10. The lowest BCUT2D eigenvalue weighted by Crippen LogP contribution is -2.38. The first-order valence-electron chi connectivity index (χ1n) is 9.10. The third-order valence-corrected chi connectivity index (χ3v) is 5.51. The second-order valence-electron chi connectivity index (χ2n) is 6.93. The summed E-state index contributed by atoms with van der Waals surface area (Å²) in [6.45, 7) is 7.21. The molecule has 0 amide bonds. The molecule has 1 aliphatic heterocycles. The second kappa shape index (κ2) is 6.60. The summed E-state index contributed by atoms with van der Waals surface area (Å²) in [6, 6.07) is 10.1. The third kappa shape index (κ3) is 2.85. The molecule has 1 aliphatic rings. The number of halogens is 1. The van der Waals surface area contributed by atoms with Gasteiger partial charge < -0.3 is 4.57 Å². The second-order valence-corrected chi connectivity index (χ2v) is 6.93. The molecule has 25 heavy (non-hydrogen) atoms. The van der Waals surface area contributed by atoms with Gasteiger partial charge >= 0.3 is 0 Å². The van der Waals surface area contributed by atoms with E-state index in [9.17, 15) is 4.39 Å². The standard InChI is InChI=1S/C21H24FN3/c1-3-24-14-18-17-5-4-6-19(22)21(17)25(20(18)13-15(24)2)12-9-16-7-10-23-11-8-16/h4-8,10-11,15H,3,9,12-14H2,1-2H3. The molecule has 130 valence electrons. The number of likely N-dealkylation sites (N-methyl/N-ethyl adjacent to an activating group) is 1. The minimum Gasteiger partial charge on any atom is -0.342 e. The van der Waals surface area contributed by atoms with Crippen molar-refractivity contribution in [1.82, 2.24) is 14.5 Å². The van der Waals surface area contributed by atoms with Gasteiger partial charge in [-0.05, 0) is 49.2 Å². The maximum absolute atomic E-state index is 14.7. The molecule has 0 saturated heterocycles. The molecule has 3 aromatic rings. The number of fused-ring (bicyclic) bond motifs is 3. The van der Waals surface area contributed by atoms with Crippen LogP contribution in [0.25, 0.3) is 10.9 Å². The van der Waals surface area contributed by atoms with Crippen molar-refractivity contribution in [2.45, 2.75) is 45.8 Å². The summed E-state index contributed by atoms with van der Waals surface area (Å²) < 4.78 is 16.9. The van der Waals surface area contributed by atoms with Gasteiger partial charge in [-0.3, -0.25) is 9.88 Å². The van der Waals surface area contributed by atoms with E-state index >= 15 is 0 Å². The van der Waals surface area contributed by atoms with E-state index in [2.05, 4.69) is 34.4 Å². The predicted molar refractivity (Wildman–Crippen MR) is 99.1 cm³/mol. The van der Waals surface area contributed by atoms with E-state index < -0.39 is 0 Å². The van der Waals surface area contributed by atoms with Gasteiger partial charge in [-0.25, -0.2) is 4.39 Å². The molecule has 0 fully saturated rings. The first-order chi connectivity index (χ1) is 12.2. The minimum absolute atomic E-state index is 0.114. The van der Waals surface area contributed by atoms with Crippen LogP contribution in [0.2, 0.25) is 0 Å². The van der Waals surface area contributed by atoms with Crippen LogP contribution in [-0.2, 0) is 25.9 Å². The van der Waals surface area contributed by atoms with Gasteiger partial charge in [0.1, 0.15) is 5.82 Å². The van der Waals surface area contributed by atoms with Gasteiger partial charge in [0.15, 0.2) is 0 Å². The largest absolute Gasteiger partial charge is 0.342 e. The fourth-order valence-corrected chi connectivity index (χ4v) is 4.12. The highest BCUT2D eigenvalue weighted by Gasteiger charge is 2.28. The maximum Gasteiger partial charge on any atom is 0.147 e. The van der Waals surface area contributed by atoms with Crippen LogP contribution in [0.3, 0.4) is 0 Å². The van der Waals surface area contributed by atoms with Crippen molar-refractivity contribution in [2.24, 2.45) is 0 Å². The van der Waals surface area contributed by atoms with Crippen LogP contribution in [0, 0.1) is 5.82 Å². The Labute approximate surface area is 148 Å². The number of rotatable bonds is 4. The number of nitrogens with zero attached hydrogens (tertiary/aromatic N) is 3. The molecule has 3 nitrogen and oxygen atoms in total. The highest BCUT2D eigenvalue weighted by Crippen LogP contribution is 2.34. The predicted octanol–water partition coefficient (Wildman–Crippen LogP) is 4.18. The molecule has 3 heterocycles. The SMILES string of the molecule is CCN1Cc2c(n(CCc3ccncc3)c3c(F)cccc23)CC1C. The molecule has 1 unspecified atom stereocenters. The van der Waals surface area contributed by atoms with E-state index in [1.807, 2.05) is 30.6 Å². The maximum atomic E-state index is 14.7. The van der Waals surface area contributed by atoms with Gasteiger partial charge in [0, 0.05) is 49.0 Å². The van der Waals surface area contributed by atoms with E-state index in [0.717, 1.165) is 43.4 Å². The molecule has 4 heteroatoms. The molecule has 0 N–H and O–H groups in total. The summed E-state index contributed by atoms with van der Waals surface area (Å²) >= 11 is 0. The average molecular weight is 337 g/mol. The fourth-order valence-electron chi connectivity index (χ4n) is 4.12. The highest BCUT2D eigenvalue weighted by molar-refractivity contribution is 5.86. The summed E-state index contributed by atoms with van der Waals surface area (Å²) in [4.78, 5) is 6.55. The number of pyridine rings is 1. The molecule has 0 saturated carbocycles. The Morgan fingerprint density at radius 3 is 2.76 bits per heavy atom. The Morgan fingerprint density at radius 2 is 2.00 bits per heavy atom. The molecule has 1 atom stereocenters. The van der Waals surface area contributed by atoms with E-state index in [1.165, 1.54) is 16.8 Å². The van der Waals surface area contributed by atoms with Gasteiger partial charge in [-0.15, -0.1) is 0 Å². The molecular formula is C21H24FN3. The number of aromatic nitrogens is 2. The van der Waals surface area contributed by atoms with Gasteiger partial charge in [-0.1, -0.05) is 19.1 Å². The summed E-state index contributed by atoms with van der Waals surface area (Å²) in [7, 11) is 0. The highest BCUT2D eigenvalue weighted by atomic mass is 19.1. The molecule has 0 aliphatic carbocycles. The smallest absolute Gasteiger partial charge is 0.147 e. The molecule has 1 aromatic carbocycles. The Bertz CT molecular complexity index is 885. The lowest BCUT2D eigenvalue weighted by Gasteiger charge is -2.33. The molecule has 0 spiro atoms. The van der Waals surface area contributed by atoms with Crippen LogP contribution in [-0.4, -0.2) is 27.0 Å². The lowest BCUT2D eigenvalue weighted by molar-refractivity contribution is 0.192. The van der Waals surface area contributed by atoms with Crippen molar-refractivity contribution in [2.75, 3.05) is 6.54 Å². The summed E-state index contributed by atoms with van der Waals surface area (Å²) in [5.41, 5.74) is 4.63. The monoisotopic (exact) mass is 337 g/mol. The quantitative estimate of drug-likeness (QED) is 0.712. The topological polar surface area (TPSA) is 21.1 Å². The zero-order valence-electron chi connectivity index (χ0n) is 14.9. The van der Waals surface area contributed by atoms with Crippen LogP contribution in [0.1, 0.15) is 30.7 Å². The van der Waals surface area contributed by atoms with Crippen molar-refractivity contribution in [3.8, 4) is 0 Å². The molecule has 4 rings (SSSR count). The van der Waals surface area contributed by atoms with E-state index in [0.29, 0.717) is 6.04 Å². The number of benzene rings is 1. The van der Waals surface area contributed by atoms with Crippen LogP contribution in [0.15, 0.2) is 42.7 Å². The number of hydrogen-bond donors (Lipinski definition) is 0. The first kappa shape index (κ1) is 16.3. The van der Waals surface area contributed by atoms with E-state index in [-0.39, 0.29) is 5.82 Å². The number of para-hydroxylation sites is 1. The number of aryl methyl sites for hydroxylation is 2. The molecular weight excluding hydrogens is 313 g/mol. The van der Waals surface area contributed by atoms with Crippen LogP contribution >= 0.6 is 0 Å². The van der Waals surface area contributed by atoms with Gasteiger partial charge in [0.05, 0.1) is 5.52 Å². The zero-order chi connectivity index (χ0) is 17.4. The molecule has 0 radical (unpaired) electrons. The summed E-state index contributed by atoms with van der Waals surface area (Å²) in [6.07, 6.45) is 5.51. The Kier molecular flexibility index (Phi) is 4.30. The molecule has 2 aromatic heterocycles. The zero-order valence-corrected chi connectivity index (χ0v) is 14.9. The average Bonchev–Trinajstić information content (AvgIpc) is 2.94. The van der Waals surface area contributed by atoms with E-state index in [4.69, 9.17) is 0 Å². The molecule has 0 bridgehead atoms.